The van der Waals surface area contributed by atoms with Crippen LogP contribution in [0.1, 0.15) is 31.8 Å². The molecular weight excluding hydrogens is 496 g/mol. The minimum absolute atomic E-state index is 0.0103. The van der Waals surface area contributed by atoms with Crippen molar-refractivity contribution in [3.63, 3.8) is 0 Å². The van der Waals surface area contributed by atoms with Crippen LogP contribution in [-0.2, 0) is 16.0 Å². The average Bonchev–Trinajstić information content (AvgIpc) is 3.39. The van der Waals surface area contributed by atoms with Crippen molar-refractivity contribution in [2.45, 2.75) is 6.42 Å². The molecule has 0 aliphatic rings. The lowest BCUT2D eigenvalue weighted by molar-refractivity contribution is -0.130. The largest absolute Gasteiger partial charge is 0.493 e. The number of carboxylic acids is 1. The molecule has 0 unspecified atom stereocenters. The van der Waals surface area contributed by atoms with Crippen molar-refractivity contribution in [3.8, 4) is 11.5 Å². The number of benzene rings is 3. The Hall–Kier alpha value is -4.57. The highest BCUT2D eigenvalue weighted by Crippen LogP contribution is 2.32. The number of carbonyl (C=O) groups excluding carboxylic acids is 2. The van der Waals surface area contributed by atoms with Gasteiger partial charge in [0.15, 0.2) is 17.3 Å². The number of Topliss-reactive ketones (excluding diaryl/α,β-unsaturated/α-hetero) is 1. The van der Waals surface area contributed by atoms with Crippen molar-refractivity contribution in [1.29, 1.82) is 0 Å². The summed E-state index contributed by atoms with van der Waals surface area (Å²) in [6.45, 7) is 0. The van der Waals surface area contributed by atoms with E-state index in [-0.39, 0.29) is 23.1 Å². The van der Waals surface area contributed by atoms with Gasteiger partial charge in [0.2, 0.25) is 0 Å². The van der Waals surface area contributed by atoms with Gasteiger partial charge >= 0.3 is 11.9 Å². The van der Waals surface area contributed by atoms with Crippen molar-refractivity contribution >= 4 is 46.1 Å². The van der Waals surface area contributed by atoms with E-state index in [9.17, 15) is 19.5 Å². The fourth-order valence-corrected chi connectivity index (χ4v) is 4.40. The van der Waals surface area contributed by atoms with Gasteiger partial charge in [0.25, 0.3) is 0 Å². The molecule has 4 aromatic rings. The summed E-state index contributed by atoms with van der Waals surface area (Å²) in [6.07, 6.45) is -0.0103. The van der Waals surface area contributed by atoms with E-state index in [1.165, 1.54) is 27.4 Å². The zero-order valence-electron chi connectivity index (χ0n) is 20.2. The van der Waals surface area contributed by atoms with Crippen LogP contribution in [0.5, 0.6) is 11.5 Å². The summed E-state index contributed by atoms with van der Waals surface area (Å²) in [5.74, 6) is -1.49. The predicted octanol–water partition coefficient (Wildman–Crippen LogP) is 4.46. The van der Waals surface area contributed by atoms with E-state index in [0.717, 1.165) is 11.7 Å². The Bertz CT molecular complexity index is 1520. The Kier molecular flexibility index (Phi) is 7.59. The number of ether oxygens (including phenoxy) is 3. The lowest BCUT2D eigenvalue weighted by Gasteiger charge is -2.15. The summed E-state index contributed by atoms with van der Waals surface area (Å²) in [5, 5.41) is 10.3. The first-order valence-corrected chi connectivity index (χ1v) is 11.7. The van der Waals surface area contributed by atoms with E-state index >= 15 is 0 Å². The number of carbonyl (C=O) groups is 3. The first-order valence-electron chi connectivity index (χ1n) is 11.0. The topological polar surface area (TPSA) is 125 Å². The number of rotatable bonds is 9. The molecule has 0 bridgehead atoms. The third-order valence-electron chi connectivity index (χ3n) is 5.73. The van der Waals surface area contributed by atoms with Gasteiger partial charge in [-0.2, -0.15) is 8.75 Å². The number of allylic oxidation sites excluding steroid dienone is 1. The molecule has 0 aliphatic heterocycles. The zero-order valence-corrected chi connectivity index (χ0v) is 21.0. The third-order valence-corrected chi connectivity index (χ3v) is 6.29. The van der Waals surface area contributed by atoms with Crippen molar-refractivity contribution in [2.75, 3.05) is 21.3 Å². The number of esters is 1. The van der Waals surface area contributed by atoms with Crippen LogP contribution in [0.4, 0.5) is 0 Å². The number of carboxylic acid groups (broad SMARTS) is 1. The Balaban J connectivity index is 1.88. The number of nitrogens with zero attached hydrogens (tertiary/aromatic N) is 2. The summed E-state index contributed by atoms with van der Waals surface area (Å²) >= 11 is 1.01. The number of aromatic nitrogens is 2. The van der Waals surface area contributed by atoms with Gasteiger partial charge in [0.05, 0.1) is 44.2 Å². The molecule has 1 N–H and O–H groups in total. The zero-order chi connectivity index (χ0) is 26.5. The Labute approximate surface area is 216 Å². The highest BCUT2D eigenvalue weighted by atomic mass is 32.1. The molecule has 0 aliphatic carbocycles. The average molecular weight is 519 g/mol. The number of hydrogen-bond acceptors (Lipinski definition) is 9. The van der Waals surface area contributed by atoms with E-state index in [2.05, 4.69) is 8.75 Å². The van der Waals surface area contributed by atoms with Crippen LogP contribution >= 0.6 is 11.7 Å². The second-order valence-electron chi connectivity index (χ2n) is 7.89. The summed E-state index contributed by atoms with van der Waals surface area (Å²) in [4.78, 5) is 38.3. The minimum Gasteiger partial charge on any atom is -0.493 e. The molecule has 9 nitrogen and oxygen atoms in total. The van der Waals surface area contributed by atoms with Crippen molar-refractivity contribution in [3.05, 3.63) is 88.5 Å². The molecule has 37 heavy (non-hydrogen) atoms. The Morgan fingerprint density at radius 1 is 0.784 bits per heavy atom. The smallest absolute Gasteiger partial charge is 0.337 e. The SMILES string of the molecule is COC(=O)c1ccc(CC(C(=O)c2ccc(OC)c(OC)c2)=C(C(=O)O)c2ccc3nsnc3c2)cc1. The molecule has 1 aromatic heterocycles. The lowest BCUT2D eigenvalue weighted by atomic mass is 9.89. The second kappa shape index (κ2) is 11.0. The van der Waals surface area contributed by atoms with Crippen LogP contribution in [-0.4, -0.2) is 52.9 Å². The first kappa shape index (κ1) is 25.5. The number of hydrogen-bond donors (Lipinski definition) is 1. The van der Waals surface area contributed by atoms with Crippen LogP contribution in [0.3, 0.4) is 0 Å². The van der Waals surface area contributed by atoms with Gasteiger partial charge in [-0.25, -0.2) is 9.59 Å². The molecule has 0 radical (unpaired) electrons. The normalized spacial score (nSPS) is 11.5. The fourth-order valence-electron chi connectivity index (χ4n) is 3.88. The minimum atomic E-state index is -1.27. The quantitative estimate of drug-likeness (QED) is 0.194. The molecule has 0 saturated heterocycles. The van der Waals surface area contributed by atoms with Crippen molar-refractivity contribution < 1.29 is 33.7 Å². The molecule has 4 rings (SSSR count). The van der Waals surface area contributed by atoms with E-state index in [0.29, 0.717) is 39.2 Å². The summed E-state index contributed by atoms with van der Waals surface area (Å²) in [5.41, 5.74) is 2.57. The van der Waals surface area contributed by atoms with Crippen LogP contribution in [0, 0.1) is 0 Å². The van der Waals surface area contributed by atoms with Crippen molar-refractivity contribution in [1.82, 2.24) is 8.75 Å². The highest BCUT2D eigenvalue weighted by molar-refractivity contribution is 7.00. The van der Waals surface area contributed by atoms with Gasteiger partial charge < -0.3 is 19.3 Å². The molecule has 188 valence electrons. The van der Waals surface area contributed by atoms with Gasteiger partial charge in [-0.15, -0.1) is 0 Å². The third kappa shape index (κ3) is 5.34. The Morgan fingerprint density at radius 2 is 1.43 bits per heavy atom. The van der Waals surface area contributed by atoms with Gasteiger partial charge in [-0.1, -0.05) is 18.2 Å². The summed E-state index contributed by atoms with van der Waals surface area (Å²) in [7, 11) is 4.22. The number of fused-ring (bicyclic) bond motifs is 1. The van der Waals surface area contributed by atoms with Crippen LogP contribution in [0.2, 0.25) is 0 Å². The number of aliphatic carboxylic acids is 1. The van der Waals surface area contributed by atoms with Gasteiger partial charge in [0.1, 0.15) is 11.0 Å². The maximum atomic E-state index is 13.9. The summed E-state index contributed by atoms with van der Waals surface area (Å²) in [6, 6.07) is 16.0. The first-order chi connectivity index (χ1) is 17.9. The molecular formula is C27H22N2O7S. The van der Waals surface area contributed by atoms with E-state index in [1.54, 1.807) is 54.6 Å². The number of ketones is 1. The van der Waals surface area contributed by atoms with Crippen LogP contribution in [0.15, 0.2) is 66.2 Å². The van der Waals surface area contributed by atoms with E-state index in [4.69, 9.17) is 14.2 Å². The molecule has 0 saturated carbocycles. The monoisotopic (exact) mass is 518 g/mol. The standard InChI is InChI=1S/C27H22N2O7S/c1-34-22-11-9-18(14-23(22)35-2)25(30)19(12-15-4-6-16(7-5-15)27(33)36-3)24(26(31)32)17-8-10-20-21(13-17)29-37-28-20/h4-11,13-14H,12H2,1-3H3,(H,31,32). The predicted molar refractivity (Wildman–Crippen MR) is 137 cm³/mol. The molecule has 0 amide bonds. The fraction of sp³-hybridized carbons (Fsp3) is 0.148. The molecule has 1 heterocycles. The molecule has 0 spiro atoms. The van der Waals surface area contributed by atoms with Crippen molar-refractivity contribution in [2.24, 2.45) is 0 Å². The van der Waals surface area contributed by atoms with Gasteiger partial charge in [-0.05, 0) is 53.6 Å². The molecule has 0 fully saturated rings. The molecule has 10 heteroatoms. The maximum absolute atomic E-state index is 13.9. The molecule has 0 atom stereocenters. The Morgan fingerprint density at radius 3 is 2.08 bits per heavy atom. The molecule has 3 aromatic carbocycles. The van der Waals surface area contributed by atoms with Crippen LogP contribution in [0.25, 0.3) is 16.6 Å². The lowest BCUT2D eigenvalue weighted by Crippen LogP contribution is -2.14. The number of methoxy groups -OCH3 is 3. The summed E-state index contributed by atoms with van der Waals surface area (Å²) < 4.78 is 23.7. The highest BCUT2D eigenvalue weighted by Gasteiger charge is 2.25. The second-order valence-corrected chi connectivity index (χ2v) is 8.42. The maximum Gasteiger partial charge on any atom is 0.337 e. The van der Waals surface area contributed by atoms with E-state index in [1.807, 2.05) is 0 Å². The van der Waals surface area contributed by atoms with E-state index < -0.39 is 17.7 Å². The van der Waals surface area contributed by atoms with Crippen LogP contribution < -0.4 is 9.47 Å². The van der Waals surface area contributed by atoms with Gasteiger partial charge in [-0.3, -0.25) is 4.79 Å². The van der Waals surface area contributed by atoms with Gasteiger partial charge in [0, 0.05) is 17.6 Å².